The maximum absolute atomic E-state index is 10.7. The van der Waals surface area contributed by atoms with Gasteiger partial charge in [0, 0.05) is 44.7 Å². The monoisotopic (exact) mass is 288 g/mol. The third-order valence-corrected chi connectivity index (χ3v) is 4.14. The van der Waals surface area contributed by atoms with Crippen LogP contribution in [0.3, 0.4) is 0 Å². The van der Waals surface area contributed by atoms with Crippen molar-refractivity contribution < 1.29 is 4.92 Å². The molecule has 0 N–H and O–H groups in total. The predicted octanol–water partition coefficient (Wildman–Crippen LogP) is 1.67. The zero-order valence-corrected chi connectivity index (χ0v) is 12.5. The second-order valence-electron chi connectivity index (χ2n) is 5.78. The summed E-state index contributed by atoms with van der Waals surface area (Å²) in [5.74, 6) is 0. The summed E-state index contributed by atoms with van der Waals surface area (Å²) in [6.07, 6.45) is 0.575. The van der Waals surface area contributed by atoms with Crippen LogP contribution in [0.1, 0.15) is 12.5 Å². The fourth-order valence-electron chi connectivity index (χ4n) is 2.66. The molecule has 6 nitrogen and oxygen atoms in total. The van der Waals surface area contributed by atoms with Crippen LogP contribution in [0, 0.1) is 21.4 Å². The number of nitro benzene ring substituents is 1. The lowest BCUT2D eigenvalue weighted by atomic mass is 9.91. The number of non-ortho nitro benzene ring substituents is 1. The highest BCUT2D eigenvalue weighted by Gasteiger charge is 2.33. The topological polar surface area (TPSA) is 73.4 Å². The van der Waals surface area contributed by atoms with Crippen LogP contribution in [-0.2, 0) is 6.42 Å². The summed E-state index contributed by atoms with van der Waals surface area (Å²) in [6, 6.07) is 8.90. The van der Waals surface area contributed by atoms with Crippen LogP contribution in [0.4, 0.5) is 5.69 Å². The van der Waals surface area contributed by atoms with Crippen LogP contribution in [0.25, 0.3) is 0 Å². The number of rotatable bonds is 4. The van der Waals surface area contributed by atoms with E-state index in [9.17, 15) is 15.4 Å². The molecule has 21 heavy (non-hydrogen) atoms. The molecule has 112 valence electrons. The summed E-state index contributed by atoms with van der Waals surface area (Å²) < 4.78 is 0. The number of likely N-dealkylation sites (N-methyl/N-ethyl adjacent to an activating group) is 1. The second-order valence-corrected chi connectivity index (χ2v) is 5.78. The first-order valence-corrected chi connectivity index (χ1v) is 7.03. The van der Waals surface area contributed by atoms with Crippen molar-refractivity contribution in [3.8, 4) is 6.07 Å². The van der Waals surface area contributed by atoms with Crippen molar-refractivity contribution in [2.75, 3.05) is 33.2 Å². The van der Waals surface area contributed by atoms with Gasteiger partial charge in [-0.2, -0.15) is 5.26 Å². The number of piperazine rings is 1. The van der Waals surface area contributed by atoms with Gasteiger partial charge in [0.15, 0.2) is 0 Å². The molecule has 2 rings (SSSR count). The first-order chi connectivity index (χ1) is 9.94. The third-order valence-electron chi connectivity index (χ3n) is 4.14. The minimum atomic E-state index is -0.572. The molecule has 0 aromatic heterocycles. The normalized spacial score (nSPS) is 19.7. The maximum atomic E-state index is 10.7. The molecule has 0 radical (unpaired) electrons. The summed E-state index contributed by atoms with van der Waals surface area (Å²) in [5, 5.41) is 20.3. The lowest BCUT2D eigenvalue weighted by Gasteiger charge is -2.41. The Hall–Kier alpha value is -1.97. The third kappa shape index (κ3) is 3.57. The molecule has 0 amide bonds. The summed E-state index contributed by atoms with van der Waals surface area (Å²) >= 11 is 0. The minimum Gasteiger partial charge on any atom is -0.304 e. The Morgan fingerprint density at radius 1 is 1.29 bits per heavy atom. The van der Waals surface area contributed by atoms with Gasteiger partial charge in [0.2, 0.25) is 0 Å². The number of nitrogens with zero attached hydrogens (tertiary/aromatic N) is 4. The van der Waals surface area contributed by atoms with Gasteiger partial charge in [-0.15, -0.1) is 0 Å². The number of hydrogen-bond donors (Lipinski definition) is 0. The average Bonchev–Trinajstić information content (AvgIpc) is 2.48. The Balaban J connectivity index is 2.10. The molecule has 1 aromatic rings. The van der Waals surface area contributed by atoms with Crippen LogP contribution in [0.15, 0.2) is 24.3 Å². The smallest absolute Gasteiger partial charge is 0.269 e. The van der Waals surface area contributed by atoms with Gasteiger partial charge in [0.05, 0.1) is 11.0 Å². The van der Waals surface area contributed by atoms with E-state index in [2.05, 4.69) is 22.9 Å². The average molecular weight is 288 g/mol. The highest BCUT2D eigenvalue weighted by Crippen LogP contribution is 2.23. The van der Waals surface area contributed by atoms with E-state index in [1.807, 2.05) is 6.92 Å². The van der Waals surface area contributed by atoms with Gasteiger partial charge in [0.1, 0.15) is 5.54 Å². The van der Waals surface area contributed by atoms with E-state index in [4.69, 9.17) is 0 Å². The largest absolute Gasteiger partial charge is 0.304 e. The lowest BCUT2D eigenvalue weighted by Crippen LogP contribution is -2.55. The Labute approximate surface area is 124 Å². The van der Waals surface area contributed by atoms with Gasteiger partial charge >= 0.3 is 0 Å². The molecule has 1 unspecified atom stereocenters. The van der Waals surface area contributed by atoms with Crippen molar-refractivity contribution in [2.45, 2.75) is 18.9 Å². The SMILES string of the molecule is CN1CCN(C(C)(C#N)Cc2ccc([N+](=O)[O-])cc2)CC1. The fraction of sp³-hybridized carbons (Fsp3) is 0.533. The van der Waals surface area contributed by atoms with Gasteiger partial charge in [0.25, 0.3) is 5.69 Å². The van der Waals surface area contributed by atoms with Crippen LogP contribution < -0.4 is 0 Å². The molecule has 1 aliphatic heterocycles. The number of nitriles is 1. The molecule has 1 saturated heterocycles. The van der Waals surface area contributed by atoms with Gasteiger partial charge in [-0.3, -0.25) is 15.0 Å². The standard InChI is InChI=1S/C15H20N4O2/c1-15(12-16,18-9-7-17(2)8-10-18)11-13-3-5-14(6-4-13)19(20)21/h3-6H,7-11H2,1-2H3. The molecule has 0 aliphatic carbocycles. The van der Waals surface area contributed by atoms with Gasteiger partial charge in [-0.05, 0) is 19.5 Å². The first-order valence-electron chi connectivity index (χ1n) is 7.03. The Morgan fingerprint density at radius 2 is 1.86 bits per heavy atom. The van der Waals surface area contributed by atoms with Crippen molar-refractivity contribution >= 4 is 5.69 Å². The lowest BCUT2D eigenvalue weighted by molar-refractivity contribution is -0.384. The number of nitro groups is 1. The van der Waals surface area contributed by atoms with Crippen LogP contribution in [-0.4, -0.2) is 53.5 Å². The zero-order chi connectivity index (χ0) is 15.5. The quantitative estimate of drug-likeness (QED) is 0.622. The van der Waals surface area contributed by atoms with Crippen LogP contribution in [0.2, 0.25) is 0 Å². The summed E-state index contributed by atoms with van der Waals surface area (Å²) in [4.78, 5) is 14.7. The van der Waals surface area contributed by atoms with Crippen molar-refractivity contribution in [1.29, 1.82) is 5.26 Å². The van der Waals surface area contributed by atoms with E-state index in [1.165, 1.54) is 12.1 Å². The molecule has 0 spiro atoms. The molecule has 6 heteroatoms. The molecule has 1 fully saturated rings. The Morgan fingerprint density at radius 3 is 2.33 bits per heavy atom. The van der Waals surface area contributed by atoms with E-state index in [0.717, 1.165) is 31.7 Å². The van der Waals surface area contributed by atoms with Crippen molar-refractivity contribution in [2.24, 2.45) is 0 Å². The van der Waals surface area contributed by atoms with Gasteiger partial charge in [-0.1, -0.05) is 12.1 Å². The van der Waals surface area contributed by atoms with Gasteiger partial charge < -0.3 is 4.90 Å². The number of hydrogen-bond acceptors (Lipinski definition) is 5. The summed E-state index contributed by atoms with van der Waals surface area (Å²) in [5.41, 5.74) is 0.456. The molecule has 1 aliphatic rings. The molecule has 1 atom stereocenters. The molecule has 0 bridgehead atoms. The Kier molecular flexibility index (Phi) is 4.56. The summed E-state index contributed by atoms with van der Waals surface area (Å²) in [6.45, 7) is 5.59. The second kappa shape index (κ2) is 6.20. The van der Waals surface area contributed by atoms with E-state index < -0.39 is 10.5 Å². The summed E-state index contributed by atoms with van der Waals surface area (Å²) in [7, 11) is 2.08. The van der Waals surface area contributed by atoms with E-state index in [1.54, 1.807) is 12.1 Å². The molecular weight excluding hydrogens is 268 g/mol. The van der Waals surface area contributed by atoms with E-state index in [0.29, 0.717) is 6.42 Å². The first kappa shape index (κ1) is 15.4. The molecule has 0 saturated carbocycles. The van der Waals surface area contributed by atoms with Crippen LogP contribution in [0.5, 0.6) is 0 Å². The Bertz CT molecular complexity index is 544. The van der Waals surface area contributed by atoms with Gasteiger partial charge in [-0.25, -0.2) is 0 Å². The minimum absolute atomic E-state index is 0.0806. The highest BCUT2D eigenvalue weighted by atomic mass is 16.6. The predicted molar refractivity (Wildman–Crippen MR) is 79.9 cm³/mol. The maximum Gasteiger partial charge on any atom is 0.269 e. The number of benzene rings is 1. The van der Waals surface area contributed by atoms with Crippen molar-refractivity contribution in [3.63, 3.8) is 0 Å². The van der Waals surface area contributed by atoms with Crippen molar-refractivity contribution in [1.82, 2.24) is 9.80 Å². The zero-order valence-electron chi connectivity index (χ0n) is 12.5. The fourth-order valence-corrected chi connectivity index (χ4v) is 2.66. The van der Waals surface area contributed by atoms with E-state index >= 15 is 0 Å². The van der Waals surface area contributed by atoms with Crippen LogP contribution >= 0.6 is 0 Å². The molecule has 1 aromatic carbocycles. The molecule has 1 heterocycles. The highest BCUT2D eigenvalue weighted by molar-refractivity contribution is 5.34. The van der Waals surface area contributed by atoms with E-state index in [-0.39, 0.29) is 5.69 Å². The molecular formula is C15H20N4O2. The van der Waals surface area contributed by atoms with Crippen molar-refractivity contribution in [3.05, 3.63) is 39.9 Å².